The molecule has 0 saturated carbocycles. The quantitative estimate of drug-likeness (QED) is 0.0155. The van der Waals surface area contributed by atoms with E-state index in [-0.39, 0.29) is 52.1 Å². The highest BCUT2D eigenvalue weighted by Crippen LogP contribution is 2.61. The second-order valence-electron chi connectivity index (χ2n) is 35.3. The van der Waals surface area contributed by atoms with Crippen LogP contribution in [-0.2, 0) is 78.2 Å². The number of hydrogen-bond acceptors (Lipinski definition) is 16. The Morgan fingerprint density at radius 1 is 0.373 bits per heavy atom. The molecule has 0 fully saturated rings. The highest BCUT2D eigenvalue weighted by atomic mass is 28.4. The summed E-state index contributed by atoms with van der Waals surface area (Å²) in [6.07, 6.45) is 14.4. The van der Waals surface area contributed by atoms with Crippen LogP contribution in [0.3, 0.4) is 0 Å². The lowest BCUT2D eigenvalue weighted by atomic mass is 9.78. The normalized spacial score (nSPS) is 18.3. The third-order valence-corrected chi connectivity index (χ3v) is 38.9. The zero-order chi connectivity index (χ0) is 84.0. The molecule has 0 saturated heterocycles. The monoisotopic (exact) mass is 1660 g/mol. The molecule has 4 aliphatic rings. The molecule has 0 bridgehead atoms. The van der Waals surface area contributed by atoms with Crippen molar-refractivity contribution in [3.05, 3.63) is 238 Å². The Balaban J connectivity index is 0.780. The molecule has 0 spiro atoms. The van der Waals surface area contributed by atoms with Crippen molar-refractivity contribution in [1.29, 1.82) is 0 Å². The molecule has 20 heteroatoms. The first kappa shape index (κ1) is 86.6. The number of ether oxygens (including phenoxy) is 8. The van der Waals surface area contributed by atoms with Crippen LogP contribution in [0.15, 0.2) is 182 Å². The van der Waals surface area contributed by atoms with Crippen molar-refractivity contribution < 1.29 is 65.3 Å². The maximum atomic E-state index is 14.5. The summed E-state index contributed by atoms with van der Waals surface area (Å²) in [5, 5.41) is 3.62. The summed E-state index contributed by atoms with van der Waals surface area (Å²) in [5.41, 5.74) is 8.88. The number of carbonyl (C=O) groups is 4. The molecule has 2 aliphatic carbocycles. The molecule has 9 aromatic carbocycles. The average Bonchev–Trinajstić information content (AvgIpc) is 1.49. The fraction of sp³-hybridized carbons (Fsp3) is 0.408. The van der Waals surface area contributed by atoms with Crippen LogP contribution in [0, 0.1) is 0 Å². The molecule has 0 N–H and O–H groups in total. The Bertz CT molecular complexity index is 4890. The van der Waals surface area contributed by atoms with Crippen LogP contribution >= 0.6 is 0 Å². The first-order chi connectivity index (χ1) is 56.4. The Kier molecular flexibility index (Phi) is 26.4. The van der Waals surface area contributed by atoms with Gasteiger partial charge in [0.1, 0.15) is 24.7 Å². The van der Waals surface area contributed by atoms with Crippen molar-refractivity contribution in [3.8, 4) is 33.8 Å². The van der Waals surface area contributed by atoms with Gasteiger partial charge in [-0.2, -0.15) is 0 Å². The van der Waals surface area contributed by atoms with Crippen LogP contribution in [0.5, 0.6) is 11.5 Å². The molecular weight excluding hydrogens is 1540 g/mol. The van der Waals surface area contributed by atoms with E-state index in [1.165, 1.54) is 37.8 Å². The van der Waals surface area contributed by atoms with Crippen LogP contribution < -0.4 is 19.3 Å². The number of fused-ring (bicyclic) bond motifs is 16. The van der Waals surface area contributed by atoms with E-state index in [0.29, 0.717) is 24.7 Å². The van der Waals surface area contributed by atoms with Gasteiger partial charge in [-0.1, -0.05) is 197 Å². The number of anilines is 2. The molecule has 9 aromatic rings. The minimum atomic E-state index is -1.85. The molecule has 622 valence electrons. The molecule has 16 nitrogen and oxygen atoms in total. The van der Waals surface area contributed by atoms with Crippen molar-refractivity contribution >= 4 is 102 Å². The lowest BCUT2D eigenvalue weighted by Gasteiger charge is -2.40. The van der Waals surface area contributed by atoms with Gasteiger partial charge in [-0.25, -0.2) is 0 Å². The number of rotatable bonds is 38. The van der Waals surface area contributed by atoms with Crippen LogP contribution in [0.1, 0.15) is 148 Å². The van der Waals surface area contributed by atoms with E-state index in [9.17, 15) is 19.2 Å². The summed E-state index contributed by atoms with van der Waals surface area (Å²) in [4.78, 5) is 59.8. The third kappa shape index (κ3) is 18.4. The van der Waals surface area contributed by atoms with Crippen LogP contribution in [0.25, 0.3) is 56.0 Å². The second-order valence-corrected chi connectivity index (χ2v) is 53.0. The van der Waals surface area contributed by atoms with E-state index in [2.05, 4.69) is 210 Å². The predicted molar refractivity (Wildman–Crippen MR) is 485 cm³/mol. The number of esters is 4. The van der Waals surface area contributed by atoms with E-state index in [0.717, 1.165) is 136 Å². The van der Waals surface area contributed by atoms with Crippen LogP contribution in [0.2, 0.25) is 76.6 Å². The van der Waals surface area contributed by atoms with Gasteiger partial charge in [0.2, 0.25) is 0 Å². The molecule has 0 radical (unpaired) electrons. The summed E-state index contributed by atoms with van der Waals surface area (Å²) in [5.74, 6) is -0.842. The highest BCUT2D eigenvalue weighted by Gasteiger charge is 2.52. The third-order valence-electron chi connectivity index (χ3n) is 23.8. The number of nitrogens with zero attached hydrogens (tertiary/aromatic N) is 2. The maximum Gasteiger partial charge on any atom is 0.307 e. The summed E-state index contributed by atoms with van der Waals surface area (Å²) in [6.45, 7) is 28.7. The Morgan fingerprint density at radius 2 is 0.686 bits per heavy atom. The zero-order valence-corrected chi connectivity index (χ0v) is 76.2. The van der Waals surface area contributed by atoms with Crippen molar-refractivity contribution in [2.45, 2.75) is 191 Å². The fourth-order valence-electron chi connectivity index (χ4n) is 18.2. The number of hydrogen-bond donors (Lipinski definition) is 0. The van der Waals surface area contributed by atoms with Gasteiger partial charge in [0.15, 0.2) is 55.7 Å². The average molecular weight is 1660 g/mol. The van der Waals surface area contributed by atoms with Gasteiger partial charge in [-0.05, 0) is 173 Å². The molecule has 2 aliphatic heterocycles. The minimum Gasteiger partial charge on any atom is -0.472 e. The van der Waals surface area contributed by atoms with Crippen molar-refractivity contribution in [2.75, 3.05) is 77.6 Å². The van der Waals surface area contributed by atoms with Crippen molar-refractivity contribution in [1.82, 2.24) is 0 Å². The molecule has 118 heavy (non-hydrogen) atoms. The van der Waals surface area contributed by atoms with Gasteiger partial charge in [0, 0.05) is 119 Å². The summed E-state index contributed by atoms with van der Waals surface area (Å²) < 4.78 is 66.0. The van der Waals surface area contributed by atoms with Gasteiger partial charge in [0.05, 0.1) is 38.9 Å². The minimum absolute atomic E-state index is 0.0859. The first-order valence-corrected chi connectivity index (χ1v) is 54.9. The van der Waals surface area contributed by atoms with Gasteiger partial charge in [0.25, 0.3) is 0 Å². The maximum absolute atomic E-state index is 14.5. The Labute approximate surface area is 703 Å². The second kappa shape index (κ2) is 36.0. The lowest BCUT2D eigenvalue weighted by molar-refractivity contribution is -0.158. The number of benzene rings is 9. The zero-order valence-electron chi connectivity index (χ0n) is 72.2. The standard InChI is InChI=1S/C98H120N2O14Si4/c1-17-19-65-115(9,10)113-117(13,14)67-29-59-105-61-63-107-85(101)51-53-87(103)109-95(3)83-37-27-25-35-79(83)89-75-31-21-23-33-77(75)93-81(91(89)95)55-57-97(111-93,71-43-47-73(48-44-71)99(5)6)69-39-41-70(42-40-69)98(72-45-49-74(50-46-72)100(7)8)58-56-82-92-90(76-32-22-24-34-78(76)94(82)112-98)80-36-26-28-38-84(80)96(92,4)110-88(104)54-52-86(102)108-64-62-106-60-30-68-118(15,16)114-116(11,12)66-20-18-2/h21-28,31-50,55-58H,17-20,29-30,51-54,59-68H2,1-16H3. The summed E-state index contributed by atoms with van der Waals surface area (Å²) in [7, 11) is 0.994. The van der Waals surface area contributed by atoms with Gasteiger partial charge < -0.3 is 55.9 Å². The van der Waals surface area contributed by atoms with Crippen molar-refractivity contribution in [3.63, 3.8) is 0 Å². The molecule has 2 heterocycles. The van der Waals surface area contributed by atoms with E-state index >= 15 is 0 Å². The predicted octanol–water partition coefficient (Wildman–Crippen LogP) is 22.3. The lowest BCUT2D eigenvalue weighted by Crippen LogP contribution is -2.44. The van der Waals surface area contributed by atoms with E-state index in [1.807, 2.05) is 103 Å². The van der Waals surface area contributed by atoms with Gasteiger partial charge >= 0.3 is 23.9 Å². The molecule has 4 unspecified atom stereocenters. The number of unbranched alkanes of at least 4 members (excludes halogenated alkanes) is 2. The molecule has 0 aromatic heterocycles. The largest absolute Gasteiger partial charge is 0.472 e. The van der Waals surface area contributed by atoms with E-state index < -0.39 is 79.6 Å². The highest BCUT2D eigenvalue weighted by molar-refractivity contribution is 6.85. The smallest absolute Gasteiger partial charge is 0.307 e. The summed E-state index contributed by atoms with van der Waals surface area (Å²) >= 11 is 0. The van der Waals surface area contributed by atoms with Crippen LogP contribution in [0.4, 0.5) is 11.4 Å². The van der Waals surface area contributed by atoms with E-state index in [4.69, 9.17) is 46.1 Å². The SMILES string of the molecule is CCCC[Si](C)(C)O[Si](C)(C)CCCOCCOC(=O)CCC(=O)OC1(C)c2ccccc2-c2c1c1c(c3ccccc23)OC(c2ccc(N(C)C)cc2)(c2ccc(C3(c4ccc(N(C)C)cc4)C=Cc4c5c(c6ccccc6c4O3)-c3ccccc3C5(C)OC(=O)CCC(=O)OCCOCCC[Si](C)(C)O[Si](C)(C)CCCC)cc2)C=C1. The van der Waals surface area contributed by atoms with Crippen molar-refractivity contribution in [2.24, 2.45) is 0 Å². The first-order valence-electron chi connectivity index (χ1n) is 42.5. The Morgan fingerprint density at radius 3 is 1.03 bits per heavy atom. The topological polar surface area (TPSA) is 167 Å². The number of carbonyl (C=O) groups excluding carboxylic acids is 4. The Hall–Kier alpha value is -9.23. The van der Waals surface area contributed by atoms with Gasteiger partial charge in [-0.15, -0.1) is 0 Å². The van der Waals surface area contributed by atoms with E-state index in [1.54, 1.807) is 0 Å². The molecule has 4 atom stereocenters. The molecule has 13 rings (SSSR count). The molecular formula is C98H120N2O14Si4. The van der Waals surface area contributed by atoms with Gasteiger partial charge in [-0.3, -0.25) is 19.2 Å². The summed E-state index contributed by atoms with van der Waals surface area (Å²) in [6, 6.07) is 62.5. The molecule has 0 amide bonds. The van der Waals surface area contributed by atoms with Crippen LogP contribution in [-0.4, -0.2) is 125 Å². The fourth-order valence-corrected chi connectivity index (χ4v) is 36.2.